The van der Waals surface area contributed by atoms with Gasteiger partial charge in [-0.05, 0) is 87.7 Å². The first kappa shape index (κ1) is 35.4. The Morgan fingerprint density at radius 3 is 2.40 bits per heavy atom. The van der Waals surface area contributed by atoms with Crippen molar-refractivity contribution in [2.75, 3.05) is 44.0 Å². The van der Waals surface area contributed by atoms with Crippen molar-refractivity contribution in [3.63, 3.8) is 0 Å². The number of rotatable bonds is 7. The molecular formula is C36H45FN4O6. The Labute approximate surface area is 275 Å². The second kappa shape index (κ2) is 16.9. The highest BCUT2D eigenvalue weighted by Crippen LogP contribution is 2.29. The molecular weight excluding hydrogens is 603 g/mol. The van der Waals surface area contributed by atoms with Gasteiger partial charge in [-0.3, -0.25) is 9.59 Å². The van der Waals surface area contributed by atoms with Crippen LogP contribution in [0.4, 0.5) is 20.6 Å². The zero-order valence-electron chi connectivity index (χ0n) is 27.4. The highest BCUT2D eigenvalue weighted by Gasteiger charge is 2.31. The summed E-state index contributed by atoms with van der Waals surface area (Å²) in [7, 11) is 1.74. The minimum absolute atomic E-state index is 0.124. The summed E-state index contributed by atoms with van der Waals surface area (Å²) in [6, 6.07) is 18.2. The molecule has 3 aromatic carbocycles. The van der Waals surface area contributed by atoms with E-state index in [1.54, 1.807) is 54.1 Å². The molecule has 0 unspecified atom stereocenters. The number of likely N-dealkylation sites (N-methyl/N-ethyl adjacent to an activating group) is 1. The van der Waals surface area contributed by atoms with Crippen LogP contribution in [0.1, 0.15) is 60.7 Å². The van der Waals surface area contributed by atoms with Gasteiger partial charge in [0.1, 0.15) is 11.6 Å². The molecule has 1 heterocycles. The number of amides is 4. The first-order valence-electron chi connectivity index (χ1n) is 16.0. The fourth-order valence-electron chi connectivity index (χ4n) is 5.44. The molecule has 4 atom stereocenters. The van der Waals surface area contributed by atoms with E-state index in [1.807, 2.05) is 32.0 Å². The van der Waals surface area contributed by atoms with Crippen LogP contribution < -0.4 is 15.4 Å². The van der Waals surface area contributed by atoms with Gasteiger partial charge in [-0.15, -0.1) is 0 Å². The van der Waals surface area contributed by atoms with Crippen molar-refractivity contribution < 1.29 is 33.4 Å². The molecule has 252 valence electrons. The van der Waals surface area contributed by atoms with Crippen LogP contribution in [0.5, 0.6) is 5.75 Å². The lowest BCUT2D eigenvalue weighted by molar-refractivity contribution is -0.0149. The lowest BCUT2D eigenvalue weighted by atomic mass is 10.0. The van der Waals surface area contributed by atoms with Gasteiger partial charge in [-0.1, -0.05) is 25.1 Å². The number of carbonyl (C=O) groups is 3. The number of carbonyl (C=O) groups excluding carboxylic acids is 3. The summed E-state index contributed by atoms with van der Waals surface area (Å²) in [6.45, 7) is 6.43. The number of urea groups is 1. The van der Waals surface area contributed by atoms with Crippen LogP contribution in [0.2, 0.25) is 0 Å². The topological polar surface area (TPSA) is 120 Å². The predicted octanol–water partition coefficient (Wildman–Crippen LogP) is 6.04. The van der Waals surface area contributed by atoms with E-state index in [4.69, 9.17) is 9.47 Å². The molecule has 0 aliphatic carbocycles. The summed E-state index contributed by atoms with van der Waals surface area (Å²) < 4.78 is 25.9. The minimum atomic E-state index is -0.567. The van der Waals surface area contributed by atoms with E-state index in [1.165, 1.54) is 24.3 Å². The summed E-state index contributed by atoms with van der Waals surface area (Å²) in [5.74, 6) is -0.772. The van der Waals surface area contributed by atoms with Crippen molar-refractivity contribution in [2.24, 2.45) is 5.92 Å². The molecule has 1 aliphatic rings. The van der Waals surface area contributed by atoms with Crippen LogP contribution in [-0.4, -0.2) is 84.4 Å². The Morgan fingerprint density at radius 1 is 1.02 bits per heavy atom. The highest BCUT2D eigenvalue weighted by molar-refractivity contribution is 6.02. The van der Waals surface area contributed by atoms with E-state index in [0.717, 1.165) is 19.3 Å². The van der Waals surface area contributed by atoms with E-state index >= 15 is 0 Å². The molecule has 0 saturated heterocycles. The third-order valence-corrected chi connectivity index (χ3v) is 8.23. The summed E-state index contributed by atoms with van der Waals surface area (Å²) >= 11 is 0. The number of aliphatic hydroxyl groups excluding tert-OH is 1. The molecule has 0 spiro atoms. The largest absolute Gasteiger partial charge is 0.490 e. The second-order valence-electron chi connectivity index (χ2n) is 12.1. The van der Waals surface area contributed by atoms with E-state index in [2.05, 4.69) is 10.6 Å². The zero-order valence-corrected chi connectivity index (χ0v) is 27.4. The van der Waals surface area contributed by atoms with Crippen molar-refractivity contribution in [3.8, 4) is 5.75 Å². The minimum Gasteiger partial charge on any atom is -0.490 e. The standard InChI is InChI=1S/C36H45FN4O6/c1-24-21-41(25(2)23-42)35(44)31-20-30(39-36(45)38-29-15-13-28(37)14-16-29)17-18-32(31)47-26(3)10-8-9-19-46-33(24)22-40(4)34(43)27-11-6-5-7-12-27/h5-7,11-18,20,24-26,33,42H,8-10,19,21-23H2,1-4H3,(H2,38,39,45)/t24-,25+,26+,33+/m0/s1. The van der Waals surface area contributed by atoms with Crippen LogP contribution in [0.15, 0.2) is 72.8 Å². The van der Waals surface area contributed by atoms with Crippen LogP contribution in [0.25, 0.3) is 0 Å². The van der Waals surface area contributed by atoms with E-state index in [9.17, 15) is 23.9 Å². The van der Waals surface area contributed by atoms with Crippen molar-refractivity contribution >= 4 is 29.2 Å². The average molecular weight is 649 g/mol. The monoisotopic (exact) mass is 648 g/mol. The Kier molecular flexibility index (Phi) is 12.7. The maximum Gasteiger partial charge on any atom is 0.323 e. The van der Waals surface area contributed by atoms with Crippen molar-refractivity contribution in [2.45, 2.75) is 58.3 Å². The van der Waals surface area contributed by atoms with Gasteiger partial charge in [0.15, 0.2) is 0 Å². The molecule has 11 heteroatoms. The number of aliphatic hydroxyl groups is 1. The summed E-state index contributed by atoms with van der Waals surface area (Å²) in [5, 5.41) is 15.6. The smallest absolute Gasteiger partial charge is 0.323 e. The normalized spacial score (nSPS) is 19.8. The molecule has 10 nitrogen and oxygen atoms in total. The van der Waals surface area contributed by atoms with Gasteiger partial charge in [0.05, 0.1) is 30.4 Å². The maximum absolute atomic E-state index is 14.3. The summed E-state index contributed by atoms with van der Waals surface area (Å²) in [6.07, 6.45) is 1.76. The molecule has 47 heavy (non-hydrogen) atoms. The molecule has 4 rings (SSSR count). The number of ether oxygens (including phenoxy) is 2. The molecule has 0 radical (unpaired) electrons. The lowest BCUT2D eigenvalue weighted by Gasteiger charge is -2.36. The summed E-state index contributed by atoms with van der Waals surface area (Å²) in [4.78, 5) is 43.4. The Balaban J connectivity index is 1.60. The first-order valence-corrected chi connectivity index (χ1v) is 16.0. The van der Waals surface area contributed by atoms with Crippen LogP contribution >= 0.6 is 0 Å². The fourth-order valence-corrected chi connectivity index (χ4v) is 5.44. The molecule has 0 saturated carbocycles. The zero-order chi connectivity index (χ0) is 33.9. The average Bonchev–Trinajstić information content (AvgIpc) is 3.07. The molecule has 3 aromatic rings. The fraction of sp³-hybridized carbons (Fsp3) is 0.417. The molecule has 0 bridgehead atoms. The number of hydrogen-bond donors (Lipinski definition) is 3. The molecule has 3 N–H and O–H groups in total. The third-order valence-electron chi connectivity index (χ3n) is 8.23. The van der Waals surface area contributed by atoms with Gasteiger partial charge < -0.3 is 35.0 Å². The van der Waals surface area contributed by atoms with Crippen LogP contribution in [0.3, 0.4) is 0 Å². The van der Waals surface area contributed by atoms with Gasteiger partial charge >= 0.3 is 6.03 Å². The lowest BCUT2D eigenvalue weighted by Crippen LogP contribution is -2.48. The highest BCUT2D eigenvalue weighted by atomic mass is 19.1. The Hall–Kier alpha value is -4.48. The number of nitrogens with one attached hydrogen (secondary N) is 2. The van der Waals surface area contributed by atoms with Gasteiger partial charge in [0.25, 0.3) is 11.8 Å². The van der Waals surface area contributed by atoms with Crippen LogP contribution in [-0.2, 0) is 4.74 Å². The Bertz CT molecular complexity index is 1490. The van der Waals surface area contributed by atoms with Gasteiger partial charge in [0.2, 0.25) is 0 Å². The number of halogens is 1. The van der Waals surface area contributed by atoms with Crippen molar-refractivity contribution in [1.82, 2.24) is 9.80 Å². The predicted molar refractivity (Wildman–Crippen MR) is 179 cm³/mol. The maximum atomic E-state index is 14.3. The first-order chi connectivity index (χ1) is 22.5. The quantitative estimate of drug-likeness (QED) is 0.288. The third kappa shape index (κ3) is 10.0. The van der Waals surface area contributed by atoms with E-state index in [0.29, 0.717) is 35.8 Å². The van der Waals surface area contributed by atoms with E-state index < -0.39 is 17.9 Å². The SMILES string of the molecule is C[C@@H]1CCCCO[C@H](CN(C)C(=O)c2ccccc2)[C@@H](C)CN([C@H](C)CO)C(=O)c2cc(NC(=O)Nc3ccc(F)cc3)ccc2O1. The molecule has 0 aromatic heterocycles. The Morgan fingerprint density at radius 2 is 1.70 bits per heavy atom. The van der Waals surface area contributed by atoms with Gasteiger partial charge in [0, 0.05) is 49.6 Å². The number of benzene rings is 3. The van der Waals surface area contributed by atoms with E-state index in [-0.39, 0.29) is 48.7 Å². The van der Waals surface area contributed by atoms with Crippen molar-refractivity contribution in [3.05, 3.63) is 89.7 Å². The number of nitrogens with zero attached hydrogens (tertiary/aromatic N) is 2. The number of anilines is 2. The van der Waals surface area contributed by atoms with Crippen molar-refractivity contribution in [1.29, 1.82) is 0 Å². The van der Waals surface area contributed by atoms with Gasteiger partial charge in [-0.25, -0.2) is 9.18 Å². The molecule has 0 fully saturated rings. The van der Waals surface area contributed by atoms with Crippen LogP contribution in [0, 0.1) is 11.7 Å². The number of fused-ring (bicyclic) bond motifs is 1. The molecule has 1 aliphatic heterocycles. The number of hydrogen-bond acceptors (Lipinski definition) is 6. The van der Waals surface area contributed by atoms with Gasteiger partial charge in [-0.2, -0.15) is 0 Å². The second-order valence-corrected chi connectivity index (χ2v) is 12.1. The molecule has 4 amide bonds. The summed E-state index contributed by atoms with van der Waals surface area (Å²) in [5.41, 5.74) is 1.56.